The summed E-state index contributed by atoms with van der Waals surface area (Å²) in [6, 6.07) is 31.8. The number of carbonyl (C=O) groups excluding carboxylic acids is 4. The Kier molecular flexibility index (Phi) is 5.88. The third-order valence-corrected chi connectivity index (χ3v) is 6.09. The van der Waals surface area contributed by atoms with Crippen molar-refractivity contribution in [1.29, 1.82) is 0 Å². The molecule has 0 aromatic heterocycles. The summed E-state index contributed by atoms with van der Waals surface area (Å²) in [4.78, 5) is 52.2. The Morgan fingerprint density at radius 2 is 1.06 bits per heavy atom. The van der Waals surface area contributed by atoms with E-state index in [4.69, 9.17) is 0 Å². The fourth-order valence-electron chi connectivity index (χ4n) is 4.26. The fraction of sp³-hybridized carbons (Fsp3) is 0.0345. The number of benzene rings is 4. The van der Waals surface area contributed by atoms with E-state index in [9.17, 15) is 19.2 Å². The van der Waals surface area contributed by atoms with E-state index in [1.54, 1.807) is 72.8 Å². The summed E-state index contributed by atoms with van der Waals surface area (Å²) in [5.74, 6) is -1.46. The summed E-state index contributed by atoms with van der Waals surface area (Å²) in [5.41, 5.74) is 3.20. The lowest BCUT2D eigenvalue weighted by atomic mass is 9.83. The van der Waals surface area contributed by atoms with Gasteiger partial charge < -0.3 is 5.32 Å². The molecule has 4 aromatic carbocycles. The van der Waals surface area contributed by atoms with Crippen molar-refractivity contribution in [2.45, 2.75) is 5.54 Å². The molecule has 1 aliphatic heterocycles. The minimum absolute atomic E-state index is 0.174. The molecule has 7 heteroatoms. The van der Waals surface area contributed by atoms with Crippen molar-refractivity contribution in [2.75, 3.05) is 0 Å². The molecular weight excluding hydrogens is 454 g/mol. The van der Waals surface area contributed by atoms with Crippen LogP contribution in [0.5, 0.6) is 0 Å². The lowest BCUT2D eigenvalue weighted by Gasteiger charge is -2.27. The van der Waals surface area contributed by atoms with Crippen molar-refractivity contribution in [1.82, 2.24) is 15.8 Å². The monoisotopic (exact) mass is 475 g/mol. The molecule has 0 bridgehead atoms. The van der Waals surface area contributed by atoms with Gasteiger partial charge in [-0.05, 0) is 23.3 Å². The molecule has 1 aliphatic rings. The van der Waals surface area contributed by atoms with Crippen LogP contribution in [0.2, 0.25) is 0 Å². The first kappa shape index (κ1) is 22.7. The van der Waals surface area contributed by atoms with E-state index in [-0.39, 0.29) is 11.3 Å². The minimum Gasteiger partial charge on any atom is -0.314 e. The quantitative estimate of drug-likeness (QED) is 0.325. The van der Waals surface area contributed by atoms with Crippen molar-refractivity contribution in [2.24, 2.45) is 0 Å². The first-order valence-corrected chi connectivity index (χ1v) is 11.3. The number of imide groups is 1. The average Bonchev–Trinajstić information content (AvgIpc) is 3.20. The van der Waals surface area contributed by atoms with Crippen molar-refractivity contribution in [3.8, 4) is 0 Å². The summed E-state index contributed by atoms with van der Waals surface area (Å²) in [5, 5.41) is 3.48. The molecule has 1 saturated heterocycles. The largest absolute Gasteiger partial charge is 0.344 e. The summed E-state index contributed by atoms with van der Waals surface area (Å²) >= 11 is 0. The minimum atomic E-state index is -1.49. The zero-order chi connectivity index (χ0) is 25.1. The third kappa shape index (κ3) is 3.92. The molecule has 4 amide bonds. The van der Waals surface area contributed by atoms with Crippen LogP contribution in [0, 0.1) is 0 Å². The van der Waals surface area contributed by atoms with Gasteiger partial charge in [0.1, 0.15) is 0 Å². The summed E-state index contributed by atoms with van der Waals surface area (Å²) < 4.78 is 0. The molecule has 0 unspecified atom stereocenters. The van der Waals surface area contributed by atoms with Gasteiger partial charge in [0.25, 0.3) is 11.8 Å². The van der Waals surface area contributed by atoms with Gasteiger partial charge in [-0.1, -0.05) is 103 Å². The summed E-state index contributed by atoms with van der Waals surface area (Å²) in [6.07, 6.45) is 0. The second-order valence-corrected chi connectivity index (χ2v) is 8.27. The first-order valence-electron chi connectivity index (χ1n) is 11.3. The van der Waals surface area contributed by atoms with Crippen LogP contribution in [0.3, 0.4) is 0 Å². The van der Waals surface area contributed by atoms with Crippen LogP contribution >= 0.6 is 0 Å². The van der Waals surface area contributed by atoms with E-state index in [1.165, 1.54) is 24.3 Å². The Hall–Kier alpha value is -5.04. The number of ketones is 1. The van der Waals surface area contributed by atoms with Gasteiger partial charge in [-0.2, -0.15) is 5.01 Å². The van der Waals surface area contributed by atoms with Gasteiger partial charge in [0.05, 0.1) is 0 Å². The van der Waals surface area contributed by atoms with Gasteiger partial charge in [-0.3, -0.25) is 19.8 Å². The van der Waals surface area contributed by atoms with Crippen LogP contribution in [0.25, 0.3) is 0 Å². The number of hydrogen-bond donors (Lipinski definition) is 2. The Morgan fingerprint density at radius 1 is 0.611 bits per heavy atom. The maximum Gasteiger partial charge on any atom is 0.344 e. The molecule has 176 valence electrons. The normalized spacial score (nSPS) is 14.3. The fourth-order valence-corrected chi connectivity index (χ4v) is 4.26. The van der Waals surface area contributed by atoms with Crippen LogP contribution in [0.15, 0.2) is 115 Å². The number of amides is 4. The number of hydrogen-bond acceptors (Lipinski definition) is 4. The molecular formula is C29H21N3O4. The zero-order valence-corrected chi connectivity index (χ0v) is 19.0. The van der Waals surface area contributed by atoms with Gasteiger partial charge >= 0.3 is 6.03 Å². The highest BCUT2D eigenvalue weighted by molar-refractivity contribution is 6.12. The van der Waals surface area contributed by atoms with Crippen molar-refractivity contribution >= 4 is 23.6 Å². The van der Waals surface area contributed by atoms with Crippen molar-refractivity contribution in [3.05, 3.63) is 143 Å². The van der Waals surface area contributed by atoms with E-state index in [2.05, 4.69) is 10.7 Å². The number of hydrazine groups is 1. The van der Waals surface area contributed by atoms with Crippen LogP contribution in [0.4, 0.5) is 4.79 Å². The third-order valence-electron chi connectivity index (χ3n) is 6.09. The summed E-state index contributed by atoms with van der Waals surface area (Å²) in [6.45, 7) is 0. The molecule has 0 spiro atoms. The first-order chi connectivity index (χ1) is 17.5. The molecule has 0 atom stereocenters. The van der Waals surface area contributed by atoms with Crippen LogP contribution in [0.1, 0.15) is 37.4 Å². The molecule has 4 aromatic rings. The lowest BCUT2D eigenvalue weighted by Crippen LogP contribution is -2.49. The van der Waals surface area contributed by atoms with E-state index in [1.807, 2.05) is 18.2 Å². The van der Waals surface area contributed by atoms with E-state index >= 15 is 0 Å². The molecule has 5 rings (SSSR count). The molecule has 1 heterocycles. The zero-order valence-electron chi connectivity index (χ0n) is 19.0. The van der Waals surface area contributed by atoms with Crippen molar-refractivity contribution < 1.29 is 19.2 Å². The van der Waals surface area contributed by atoms with Gasteiger partial charge in [0.15, 0.2) is 11.3 Å². The van der Waals surface area contributed by atoms with Gasteiger partial charge in [0, 0.05) is 16.7 Å². The van der Waals surface area contributed by atoms with Crippen LogP contribution in [-0.2, 0) is 10.3 Å². The Bertz CT molecular complexity index is 1400. The second kappa shape index (κ2) is 9.31. The molecule has 0 saturated carbocycles. The number of urea groups is 1. The Balaban J connectivity index is 1.40. The number of nitrogens with one attached hydrogen (secondary N) is 2. The smallest absolute Gasteiger partial charge is 0.314 e. The van der Waals surface area contributed by atoms with Gasteiger partial charge in [0.2, 0.25) is 0 Å². The molecule has 36 heavy (non-hydrogen) atoms. The summed E-state index contributed by atoms with van der Waals surface area (Å²) in [7, 11) is 0. The molecule has 0 radical (unpaired) electrons. The maximum atomic E-state index is 13.7. The topological polar surface area (TPSA) is 95.6 Å². The highest BCUT2D eigenvalue weighted by Crippen LogP contribution is 2.35. The predicted molar refractivity (Wildman–Crippen MR) is 133 cm³/mol. The van der Waals surface area contributed by atoms with E-state index in [0.717, 1.165) is 0 Å². The Labute approximate surface area is 207 Å². The number of rotatable bonds is 6. The van der Waals surface area contributed by atoms with Crippen LogP contribution < -0.4 is 10.7 Å². The standard InChI is InChI=1S/C29H21N3O4/c33-25(20-10-4-1-5-11-20)21-16-18-22(19-17-21)26(34)31-32-27(35)29(30-28(32)36,23-12-6-2-7-13-23)24-14-8-3-9-15-24/h1-19H,(H,30,36)(H,31,34). The number of carbonyl (C=O) groups is 4. The van der Waals surface area contributed by atoms with Crippen molar-refractivity contribution in [3.63, 3.8) is 0 Å². The molecule has 1 fully saturated rings. The molecule has 7 nitrogen and oxygen atoms in total. The Morgan fingerprint density at radius 3 is 1.58 bits per heavy atom. The molecule has 2 N–H and O–H groups in total. The SMILES string of the molecule is O=C(NN1C(=O)NC(c2ccccc2)(c2ccccc2)C1=O)c1ccc(C(=O)c2ccccc2)cc1. The lowest BCUT2D eigenvalue weighted by molar-refractivity contribution is -0.131. The van der Waals surface area contributed by atoms with E-state index < -0.39 is 23.4 Å². The highest BCUT2D eigenvalue weighted by atomic mass is 16.2. The average molecular weight is 476 g/mol. The highest BCUT2D eigenvalue weighted by Gasteiger charge is 2.54. The van der Waals surface area contributed by atoms with Gasteiger partial charge in [-0.25, -0.2) is 4.79 Å². The molecule has 0 aliphatic carbocycles. The van der Waals surface area contributed by atoms with Crippen LogP contribution in [-0.4, -0.2) is 28.6 Å². The second-order valence-electron chi connectivity index (χ2n) is 8.27. The maximum absolute atomic E-state index is 13.7. The van der Waals surface area contributed by atoms with Gasteiger partial charge in [-0.15, -0.1) is 0 Å². The van der Waals surface area contributed by atoms with E-state index in [0.29, 0.717) is 27.3 Å². The predicted octanol–water partition coefficient (Wildman–Crippen LogP) is 4.06. The number of nitrogens with zero attached hydrogens (tertiary/aromatic N) is 1.